The van der Waals surface area contributed by atoms with Crippen LogP contribution in [0.1, 0.15) is 26.7 Å². The Balaban J connectivity index is 4.42. The topological polar surface area (TPSA) is 104 Å². The Morgan fingerprint density at radius 3 is 1.58 bits per heavy atom. The molecule has 2 atom stereocenters. The first kappa shape index (κ1) is 11.8. The van der Waals surface area contributed by atoms with E-state index in [4.69, 9.17) is 22.9 Å². The molecule has 0 rings (SSSR count). The number of rotatable bonds is 5. The van der Waals surface area contributed by atoms with Gasteiger partial charge in [-0.1, -0.05) is 13.8 Å². The molecule has 0 radical (unpaired) electrons. The molecule has 0 bridgehead atoms. The van der Waals surface area contributed by atoms with E-state index in [9.17, 15) is 0 Å². The molecule has 4 heteroatoms. The van der Waals surface area contributed by atoms with E-state index < -0.39 is 5.54 Å². The summed E-state index contributed by atoms with van der Waals surface area (Å²) >= 11 is 0. The maximum Gasteiger partial charge on any atom is 0.0584 e. The number of hydrogen-bond acceptors (Lipinski definition) is 4. The average molecular weight is 174 g/mol. The van der Waals surface area contributed by atoms with Gasteiger partial charge in [0.25, 0.3) is 0 Å². The molecule has 0 fully saturated rings. The standard InChI is InChI=1S/C8H22N4/c1-3-6(10)8(12,5-9)7(11)4-2/h6-7H,3-5,9-12H2,1-2H3. The monoisotopic (exact) mass is 174 g/mol. The lowest BCUT2D eigenvalue weighted by atomic mass is 9.82. The lowest BCUT2D eigenvalue weighted by Crippen LogP contribution is -2.69. The molecule has 0 saturated carbocycles. The second kappa shape index (κ2) is 4.77. The second-order valence-electron chi connectivity index (χ2n) is 3.35. The molecular formula is C8H22N4. The van der Waals surface area contributed by atoms with E-state index in [0.717, 1.165) is 12.8 Å². The van der Waals surface area contributed by atoms with Crippen molar-refractivity contribution >= 4 is 0 Å². The number of nitrogens with two attached hydrogens (primary N) is 4. The van der Waals surface area contributed by atoms with Crippen LogP contribution < -0.4 is 22.9 Å². The maximum absolute atomic E-state index is 6.03. The van der Waals surface area contributed by atoms with Crippen LogP contribution in [0.2, 0.25) is 0 Å². The fraction of sp³-hybridized carbons (Fsp3) is 1.00. The van der Waals surface area contributed by atoms with Crippen LogP contribution in [0.5, 0.6) is 0 Å². The minimum absolute atomic E-state index is 0.113. The largest absolute Gasteiger partial charge is 0.329 e. The van der Waals surface area contributed by atoms with Gasteiger partial charge in [0.05, 0.1) is 5.54 Å². The van der Waals surface area contributed by atoms with E-state index >= 15 is 0 Å². The van der Waals surface area contributed by atoms with Gasteiger partial charge in [-0.15, -0.1) is 0 Å². The van der Waals surface area contributed by atoms with Crippen LogP contribution in [0.4, 0.5) is 0 Å². The van der Waals surface area contributed by atoms with Crippen LogP contribution in [0.15, 0.2) is 0 Å². The van der Waals surface area contributed by atoms with Gasteiger partial charge in [-0.05, 0) is 12.8 Å². The van der Waals surface area contributed by atoms with Gasteiger partial charge in [0.2, 0.25) is 0 Å². The fourth-order valence-corrected chi connectivity index (χ4v) is 1.34. The van der Waals surface area contributed by atoms with Gasteiger partial charge >= 0.3 is 0 Å². The molecule has 74 valence electrons. The zero-order valence-electron chi connectivity index (χ0n) is 8.09. The summed E-state index contributed by atoms with van der Waals surface area (Å²) in [7, 11) is 0. The van der Waals surface area contributed by atoms with Crippen molar-refractivity contribution < 1.29 is 0 Å². The third-order valence-electron chi connectivity index (χ3n) is 2.61. The predicted molar refractivity (Wildman–Crippen MR) is 52.5 cm³/mol. The van der Waals surface area contributed by atoms with E-state index in [1.54, 1.807) is 0 Å². The smallest absolute Gasteiger partial charge is 0.0584 e. The zero-order chi connectivity index (χ0) is 9.78. The molecule has 0 aliphatic heterocycles. The lowest BCUT2D eigenvalue weighted by Gasteiger charge is -2.38. The third kappa shape index (κ3) is 2.17. The quantitative estimate of drug-likeness (QED) is 0.434. The fourth-order valence-electron chi connectivity index (χ4n) is 1.34. The zero-order valence-corrected chi connectivity index (χ0v) is 8.09. The maximum atomic E-state index is 6.03. The summed E-state index contributed by atoms with van der Waals surface area (Å²) in [6.07, 6.45) is 1.61. The van der Waals surface area contributed by atoms with Crippen LogP contribution >= 0.6 is 0 Å². The molecule has 0 aromatic carbocycles. The highest BCUT2D eigenvalue weighted by Gasteiger charge is 2.35. The first-order valence-electron chi connectivity index (χ1n) is 4.53. The van der Waals surface area contributed by atoms with Gasteiger partial charge in [-0.2, -0.15) is 0 Å². The van der Waals surface area contributed by atoms with Gasteiger partial charge in [0.15, 0.2) is 0 Å². The van der Waals surface area contributed by atoms with E-state index in [2.05, 4.69) is 0 Å². The Kier molecular flexibility index (Phi) is 4.70. The molecular weight excluding hydrogens is 152 g/mol. The molecule has 12 heavy (non-hydrogen) atoms. The van der Waals surface area contributed by atoms with Crippen LogP contribution in [-0.2, 0) is 0 Å². The van der Waals surface area contributed by atoms with Crippen molar-refractivity contribution in [3.63, 3.8) is 0 Å². The van der Waals surface area contributed by atoms with Crippen LogP contribution in [0.25, 0.3) is 0 Å². The summed E-state index contributed by atoms with van der Waals surface area (Å²) < 4.78 is 0. The molecule has 4 nitrogen and oxygen atoms in total. The summed E-state index contributed by atoms with van der Waals surface area (Å²) in [5.41, 5.74) is 22.7. The van der Waals surface area contributed by atoms with E-state index in [1.807, 2.05) is 13.8 Å². The minimum Gasteiger partial charge on any atom is -0.329 e. The molecule has 2 unspecified atom stereocenters. The molecule has 0 aliphatic carbocycles. The molecule has 0 amide bonds. The Morgan fingerprint density at radius 1 is 1.08 bits per heavy atom. The van der Waals surface area contributed by atoms with Crippen molar-refractivity contribution in [1.82, 2.24) is 0 Å². The summed E-state index contributed by atoms with van der Waals surface area (Å²) in [5.74, 6) is 0. The third-order valence-corrected chi connectivity index (χ3v) is 2.61. The Morgan fingerprint density at radius 2 is 1.42 bits per heavy atom. The van der Waals surface area contributed by atoms with Crippen molar-refractivity contribution in [1.29, 1.82) is 0 Å². The first-order valence-corrected chi connectivity index (χ1v) is 4.53. The molecule has 0 saturated heterocycles. The van der Waals surface area contributed by atoms with Gasteiger partial charge in [0.1, 0.15) is 0 Å². The molecule has 0 aliphatic rings. The SMILES string of the molecule is CCC(N)C(N)(CN)C(N)CC. The van der Waals surface area contributed by atoms with Gasteiger partial charge in [-0.25, -0.2) is 0 Å². The Bertz CT molecular complexity index is 116. The normalized spacial score (nSPS) is 21.5. The summed E-state index contributed by atoms with van der Waals surface area (Å²) in [6, 6.07) is -0.227. The second-order valence-corrected chi connectivity index (χ2v) is 3.35. The van der Waals surface area contributed by atoms with Gasteiger partial charge in [-0.3, -0.25) is 0 Å². The van der Waals surface area contributed by atoms with Crippen molar-refractivity contribution in [2.75, 3.05) is 6.54 Å². The summed E-state index contributed by atoms with van der Waals surface area (Å²) in [6.45, 7) is 4.33. The minimum atomic E-state index is -0.608. The van der Waals surface area contributed by atoms with E-state index in [0.29, 0.717) is 6.54 Å². The van der Waals surface area contributed by atoms with Crippen molar-refractivity contribution in [2.45, 2.75) is 44.3 Å². The molecule has 0 spiro atoms. The highest BCUT2D eigenvalue weighted by atomic mass is 15.0. The van der Waals surface area contributed by atoms with Crippen LogP contribution in [-0.4, -0.2) is 24.2 Å². The van der Waals surface area contributed by atoms with Gasteiger partial charge in [0, 0.05) is 18.6 Å². The van der Waals surface area contributed by atoms with Gasteiger partial charge < -0.3 is 22.9 Å². The predicted octanol–water partition coefficient (Wildman–Crippen LogP) is -0.883. The highest BCUT2D eigenvalue weighted by molar-refractivity contribution is 5.02. The Hall–Kier alpha value is -0.160. The van der Waals surface area contributed by atoms with Crippen LogP contribution in [0, 0.1) is 0 Å². The van der Waals surface area contributed by atoms with E-state index in [1.165, 1.54) is 0 Å². The van der Waals surface area contributed by atoms with Crippen LogP contribution in [0.3, 0.4) is 0 Å². The molecule has 0 aromatic rings. The summed E-state index contributed by atoms with van der Waals surface area (Å²) in [4.78, 5) is 0. The van der Waals surface area contributed by atoms with E-state index in [-0.39, 0.29) is 12.1 Å². The number of hydrogen-bond donors (Lipinski definition) is 4. The molecule has 0 heterocycles. The summed E-state index contributed by atoms with van der Waals surface area (Å²) in [5, 5.41) is 0. The average Bonchev–Trinajstić information content (AvgIpc) is 2.13. The van der Waals surface area contributed by atoms with Crippen molar-refractivity contribution in [2.24, 2.45) is 22.9 Å². The first-order chi connectivity index (χ1) is 5.52. The highest BCUT2D eigenvalue weighted by Crippen LogP contribution is 2.13. The van der Waals surface area contributed by atoms with Crippen molar-refractivity contribution in [3.05, 3.63) is 0 Å². The Labute approximate surface area is 74.7 Å². The van der Waals surface area contributed by atoms with Crippen molar-refractivity contribution in [3.8, 4) is 0 Å². The molecule has 8 N–H and O–H groups in total. The lowest BCUT2D eigenvalue weighted by molar-refractivity contribution is 0.279. The molecule has 0 aromatic heterocycles.